The molecule has 0 bridgehead atoms. The Balaban J connectivity index is 0.000000461. The van der Waals surface area contributed by atoms with Crippen molar-refractivity contribution in [3.8, 4) is 0 Å². The first-order valence-electron chi connectivity index (χ1n) is 4.90. The molecule has 1 heterocycles. The summed E-state index contributed by atoms with van der Waals surface area (Å²) >= 11 is 0. The van der Waals surface area contributed by atoms with Crippen LogP contribution in [0.1, 0.15) is 25.0 Å². The molecule has 0 aliphatic heterocycles. The minimum absolute atomic E-state index is 0.928. The summed E-state index contributed by atoms with van der Waals surface area (Å²) < 4.78 is 0. The summed E-state index contributed by atoms with van der Waals surface area (Å²) in [7, 11) is 0. The van der Waals surface area contributed by atoms with Crippen LogP contribution in [0.25, 0.3) is 6.08 Å². The minimum atomic E-state index is 0.928. The van der Waals surface area contributed by atoms with Crippen LogP contribution in [0.4, 0.5) is 0 Å². The third kappa shape index (κ3) is 2.21. The number of pyridine rings is 1. The minimum Gasteiger partial charge on any atom is -0.264 e. The molecule has 1 nitrogen and oxygen atoms in total. The topological polar surface area (TPSA) is 12.9 Å². The molecule has 0 aromatic carbocycles. The molecule has 0 N–H and O–H groups in total. The van der Waals surface area contributed by atoms with Crippen molar-refractivity contribution in [3.05, 3.63) is 53.5 Å². The molecule has 0 amide bonds. The van der Waals surface area contributed by atoms with Gasteiger partial charge in [0, 0.05) is 18.8 Å². The van der Waals surface area contributed by atoms with E-state index in [1.54, 1.807) is 0 Å². The van der Waals surface area contributed by atoms with Gasteiger partial charge < -0.3 is 0 Å². The highest BCUT2D eigenvalue weighted by Crippen LogP contribution is 2.19. The zero-order valence-electron chi connectivity index (χ0n) is 8.75. The summed E-state index contributed by atoms with van der Waals surface area (Å²) in [5.74, 6) is 0. The molecule has 1 aliphatic carbocycles. The van der Waals surface area contributed by atoms with Gasteiger partial charge in [-0.05, 0) is 22.8 Å². The smallest absolute Gasteiger partial charge is 0.0343 e. The van der Waals surface area contributed by atoms with Crippen molar-refractivity contribution in [1.29, 1.82) is 0 Å². The number of nitrogens with zero attached hydrogens (tertiary/aromatic N) is 1. The zero-order chi connectivity index (χ0) is 10.4. The fourth-order valence-corrected chi connectivity index (χ4v) is 1.32. The van der Waals surface area contributed by atoms with Crippen molar-refractivity contribution in [3.63, 3.8) is 0 Å². The second-order valence-corrected chi connectivity index (χ2v) is 2.79. The van der Waals surface area contributed by atoms with E-state index in [-0.39, 0.29) is 0 Å². The van der Waals surface area contributed by atoms with Crippen LogP contribution in [0.5, 0.6) is 0 Å². The number of allylic oxidation sites excluding steroid dienone is 2. The van der Waals surface area contributed by atoms with Crippen molar-refractivity contribution in [2.45, 2.75) is 20.3 Å². The predicted octanol–water partition coefficient (Wildman–Crippen LogP) is 3.39. The van der Waals surface area contributed by atoms with Gasteiger partial charge in [0.25, 0.3) is 0 Å². The van der Waals surface area contributed by atoms with Gasteiger partial charge in [-0.25, -0.2) is 0 Å². The highest BCUT2D eigenvalue weighted by molar-refractivity contribution is 5.60. The van der Waals surface area contributed by atoms with Gasteiger partial charge in [0.1, 0.15) is 0 Å². The maximum Gasteiger partial charge on any atom is 0.0343 e. The average molecular weight is 185 g/mol. The van der Waals surface area contributed by atoms with Crippen molar-refractivity contribution >= 4 is 6.08 Å². The first-order valence-corrected chi connectivity index (χ1v) is 4.90. The lowest BCUT2D eigenvalue weighted by Gasteiger charge is -2.09. The molecule has 1 aromatic rings. The molecule has 0 saturated heterocycles. The summed E-state index contributed by atoms with van der Waals surface area (Å²) in [6, 6.07) is 2.04. The van der Waals surface area contributed by atoms with Gasteiger partial charge in [-0.2, -0.15) is 0 Å². The summed E-state index contributed by atoms with van der Waals surface area (Å²) in [4.78, 5) is 4.05. The fourth-order valence-electron chi connectivity index (χ4n) is 1.32. The van der Waals surface area contributed by atoms with E-state index in [1.165, 1.54) is 11.1 Å². The lowest BCUT2D eigenvalue weighted by molar-refractivity contribution is 1.14. The molecule has 2 rings (SSSR count). The number of aromatic nitrogens is 1. The highest BCUT2D eigenvalue weighted by atomic mass is 14.6. The number of fused-ring (bicyclic) bond motifs is 1. The largest absolute Gasteiger partial charge is 0.264 e. The van der Waals surface area contributed by atoms with Crippen LogP contribution in [0, 0.1) is 0 Å². The van der Waals surface area contributed by atoms with Crippen LogP contribution in [0.2, 0.25) is 0 Å². The maximum absolute atomic E-state index is 4.05. The molecule has 14 heavy (non-hydrogen) atoms. The molecule has 0 fully saturated rings. The van der Waals surface area contributed by atoms with E-state index >= 15 is 0 Å². The molecule has 0 radical (unpaired) electrons. The molecule has 72 valence electrons. The molecular formula is C13H15N. The molecule has 0 unspecified atom stereocenters. The maximum atomic E-state index is 4.05. The Morgan fingerprint density at radius 3 is 2.86 bits per heavy atom. The van der Waals surface area contributed by atoms with E-state index in [9.17, 15) is 0 Å². The second kappa shape index (κ2) is 5.21. The molecule has 0 saturated carbocycles. The molecule has 0 atom stereocenters. The number of hydrogen-bond donors (Lipinski definition) is 0. The van der Waals surface area contributed by atoms with Gasteiger partial charge in [0.15, 0.2) is 0 Å². The van der Waals surface area contributed by atoms with Gasteiger partial charge in [0.05, 0.1) is 0 Å². The Kier molecular flexibility index (Phi) is 3.90. The molecule has 0 spiro atoms. The number of hydrogen-bond acceptors (Lipinski definition) is 1. The van der Waals surface area contributed by atoms with E-state index < -0.39 is 0 Å². The highest BCUT2D eigenvalue weighted by Gasteiger charge is 2.05. The van der Waals surface area contributed by atoms with E-state index in [0.29, 0.717) is 0 Å². The quantitative estimate of drug-likeness (QED) is 0.564. The van der Waals surface area contributed by atoms with Crippen molar-refractivity contribution in [2.24, 2.45) is 0 Å². The van der Waals surface area contributed by atoms with Crippen LogP contribution in [-0.2, 0) is 6.42 Å². The van der Waals surface area contributed by atoms with Crippen LogP contribution in [0.15, 0.2) is 42.4 Å². The lowest BCUT2D eigenvalue weighted by atomic mass is 9.96. The molecule has 1 aromatic heterocycles. The Labute approximate surface area is 85.5 Å². The van der Waals surface area contributed by atoms with Crippen LogP contribution >= 0.6 is 0 Å². The molecule has 1 heteroatoms. The summed E-state index contributed by atoms with van der Waals surface area (Å²) in [5, 5.41) is 0. The standard InChI is InChI=1S/C11H9N.C2H6/c1-2-9-3-4-11-8-12-6-5-10(11)7-9;1-2/h3-6,8H,1,7H2;1-2H3. The summed E-state index contributed by atoms with van der Waals surface area (Å²) in [6.07, 6.45) is 8.72. The Bertz CT molecular complexity index is 382. The third-order valence-electron chi connectivity index (χ3n) is 2.02. The van der Waals surface area contributed by atoms with Crippen molar-refractivity contribution < 1.29 is 0 Å². The predicted molar refractivity (Wildman–Crippen MR) is 61.0 cm³/mol. The Hall–Kier alpha value is -1.59. The van der Waals surface area contributed by atoms with Crippen molar-refractivity contribution in [2.75, 3.05) is 0 Å². The fraction of sp³-hybridized carbons (Fsp3) is 0.231. The summed E-state index contributed by atoms with van der Waals surface area (Å²) in [5.41, 5.74) is 6.56. The Morgan fingerprint density at radius 1 is 1.36 bits per heavy atom. The monoisotopic (exact) mass is 185 g/mol. The van der Waals surface area contributed by atoms with Gasteiger partial charge in [-0.15, -0.1) is 5.73 Å². The first-order chi connectivity index (χ1) is 6.90. The van der Waals surface area contributed by atoms with Crippen molar-refractivity contribution in [1.82, 2.24) is 4.98 Å². The first kappa shape index (κ1) is 10.5. The SMILES string of the molecule is C=C=C1C=Cc2cnccc2C1.CC. The van der Waals surface area contributed by atoms with E-state index in [2.05, 4.69) is 23.4 Å². The normalized spacial score (nSPS) is 12.3. The third-order valence-corrected chi connectivity index (χ3v) is 2.02. The Morgan fingerprint density at radius 2 is 2.14 bits per heavy atom. The van der Waals surface area contributed by atoms with Gasteiger partial charge in [0.2, 0.25) is 0 Å². The zero-order valence-corrected chi connectivity index (χ0v) is 8.75. The molecule has 1 aliphatic rings. The van der Waals surface area contributed by atoms with E-state index in [1.807, 2.05) is 38.4 Å². The average Bonchev–Trinajstić information content (AvgIpc) is 2.31. The van der Waals surface area contributed by atoms with Gasteiger partial charge in [-0.3, -0.25) is 4.98 Å². The van der Waals surface area contributed by atoms with E-state index in [0.717, 1.165) is 12.0 Å². The van der Waals surface area contributed by atoms with Gasteiger partial charge >= 0.3 is 0 Å². The molecular weight excluding hydrogens is 170 g/mol. The van der Waals surface area contributed by atoms with Gasteiger partial charge in [-0.1, -0.05) is 32.6 Å². The van der Waals surface area contributed by atoms with Crippen LogP contribution in [0.3, 0.4) is 0 Å². The van der Waals surface area contributed by atoms with Crippen LogP contribution < -0.4 is 0 Å². The lowest BCUT2D eigenvalue weighted by Crippen LogP contribution is -1.96. The van der Waals surface area contributed by atoms with E-state index in [4.69, 9.17) is 0 Å². The second-order valence-electron chi connectivity index (χ2n) is 2.79. The number of rotatable bonds is 0. The van der Waals surface area contributed by atoms with Crippen LogP contribution in [-0.4, -0.2) is 4.98 Å². The summed E-state index contributed by atoms with van der Waals surface area (Å²) in [6.45, 7) is 7.63.